The topological polar surface area (TPSA) is 72.9 Å². The van der Waals surface area contributed by atoms with Gasteiger partial charge in [0.1, 0.15) is 0 Å². The Labute approximate surface area is 126 Å². The van der Waals surface area contributed by atoms with Crippen LogP contribution in [0.15, 0.2) is 41.1 Å². The number of rotatable bonds is 4. The molecule has 0 atom stereocenters. The number of nitrogens with one attached hydrogen (secondary N) is 1. The Morgan fingerprint density at radius 1 is 1.50 bits per heavy atom. The summed E-state index contributed by atoms with van der Waals surface area (Å²) in [6.07, 6.45) is 3.24. The smallest absolute Gasteiger partial charge is 0.254 e. The molecule has 0 spiro atoms. The predicted octanol–water partition coefficient (Wildman–Crippen LogP) is 2.10. The molecule has 0 saturated carbocycles. The van der Waals surface area contributed by atoms with Gasteiger partial charge in [0.05, 0.1) is 17.4 Å². The van der Waals surface area contributed by atoms with Crippen molar-refractivity contribution < 1.29 is 4.79 Å². The van der Waals surface area contributed by atoms with Gasteiger partial charge in [-0.3, -0.25) is 4.79 Å². The molecule has 1 aromatic heterocycles. The lowest BCUT2D eigenvalue weighted by molar-refractivity contribution is 0.0946. The molecule has 0 aliphatic carbocycles. The molecule has 1 heterocycles. The first-order chi connectivity index (χ1) is 9.35. The van der Waals surface area contributed by atoms with Gasteiger partial charge in [0, 0.05) is 22.8 Å². The van der Waals surface area contributed by atoms with Gasteiger partial charge < -0.3 is 11.1 Å². The summed E-state index contributed by atoms with van der Waals surface area (Å²) in [6.45, 7) is 4.13. The highest BCUT2D eigenvalue weighted by Gasteiger charge is 2.14. The van der Waals surface area contributed by atoms with E-state index in [0.29, 0.717) is 12.1 Å². The number of hydrogen-bond donors (Lipinski definition) is 2. The Hall–Kier alpha value is -1.66. The van der Waals surface area contributed by atoms with Gasteiger partial charge in [-0.2, -0.15) is 5.10 Å². The molecule has 1 aromatic carbocycles. The predicted molar refractivity (Wildman–Crippen MR) is 81.9 cm³/mol. The number of halogens is 1. The maximum absolute atomic E-state index is 12.0. The summed E-state index contributed by atoms with van der Waals surface area (Å²) in [7, 11) is 0. The maximum Gasteiger partial charge on any atom is 0.254 e. The molecule has 0 fully saturated rings. The van der Waals surface area contributed by atoms with Crippen LogP contribution in [0, 0.1) is 0 Å². The van der Waals surface area contributed by atoms with Crippen LogP contribution >= 0.6 is 15.9 Å². The van der Waals surface area contributed by atoms with E-state index in [-0.39, 0.29) is 5.91 Å². The second-order valence-corrected chi connectivity index (χ2v) is 6.24. The first kappa shape index (κ1) is 14.7. The zero-order chi connectivity index (χ0) is 14.8. The van der Waals surface area contributed by atoms with Crippen LogP contribution in [0.2, 0.25) is 0 Å². The molecule has 1 amide bonds. The van der Waals surface area contributed by atoms with E-state index in [0.717, 1.165) is 10.2 Å². The first-order valence-electron chi connectivity index (χ1n) is 6.23. The van der Waals surface area contributed by atoms with E-state index in [2.05, 4.69) is 26.3 Å². The van der Waals surface area contributed by atoms with E-state index >= 15 is 0 Å². The Balaban J connectivity index is 2.11. The molecular weight excluding hydrogens is 320 g/mol. The maximum atomic E-state index is 12.0. The van der Waals surface area contributed by atoms with Crippen LogP contribution in [0.3, 0.4) is 0 Å². The van der Waals surface area contributed by atoms with Crippen LogP contribution in [0.25, 0.3) is 5.69 Å². The van der Waals surface area contributed by atoms with Gasteiger partial charge in [-0.15, -0.1) is 0 Å². The third kappa shape index (κ3) is 3.91. The van der Waals surface area contributed by atoms with Crippen LogP contribution in [0.1, 0.15) is 24.2 Å². The lowest BCUT2D eigenvalue weighted by Crippen LogP contribution is -2.45. The summed E-state index contributed by atoms with van der Waals surface area (Å²) in [5.74, 6) is -0.176. The second kappa shape index (κ2) is 5.76. The van der Waals surface area contributed by atoms with Gasteiger partial charge in [-0.1, -0.05) is 22.0 Å². The number of amides is 1. The number of aromatic nitrogens is 2. The van der Waals surface area contributed by atoms with Gasteiger partial charge in [-0.25, -0.2) is 4.68 Å². The van der Waals surface area contributed by atoms with Gasteiger partial charge in [0.15, 0.2) is 0 Å². The minimum atomic E-state index is -0.435. The minimum Gasteiger partial charge on any atom is -0.350 e. The zero-order valence-electron chi connectivity index (χ0n) is 11.4. The molecule has 2 rings (SSSR count). The van der Waals surface area contributed by atoms with Crippen molar-refractivity contribution in [3.05, 3.63) is 46.7 Å². The second-order valence-electron chi connectivity index (χ2n) is 5.32. The van der Waals surface area contributed by atoms with Crippen molar-refractivity contribution in [1.29, 1.82) is 0 Å². The molecule has 0 bridgehead atoms. The number of nitrogens with two attached hydrogens (primary N) is 1. The van der Waals surface area contributed by atoms with Crippen LogP contribution in [0.5, 0.6) is 0 Å². The van der Waals surface area contributed by atoms with Crippen LogP contribution in [-0.4, -0.2) is 27.8 Å². The van der Waals surface area contributed by atoms with Crippen LogP contribution in [0.4, 0.5) is 0 Å². The van der Waals surface area contributed by atoms with Crippen molar-refractivity contribution in [3.63, 3.8) is 0 Å². The normalized spacial score (nSPS) is 11.4. The van der Waals surface area contributed by atoms with Crippen molar-refractivity contribution >= 4 is 21.8 Å². The summed E-state index contributed by atoms with van der Waals surface area (Å²) in [5, 5.41) is 6.99. The largest absolute Gasteiger partial charge is 0.350 e. The van der Waals surface area contributed by atoms with Gasteiger partial charge in [0.25, 0.3) is 5.91 Å². The lowest BCUT2D eigenvalue weighted by Gasteiger charge is -2.18. The van der Waals surface area contributed by atoms with Gasteiger partial charge in [0.2, 0.25) is 0 Å². The van der Waals surface area contributed by atoms with Crippen molar-refractivity contribution in [2.45, 2.75) is 19.4 Å². The highest BCUT2D eigenvalue weighted by atomic mass is 79.9. The average Bonchev–Trinajstić information content (AvgIpc) is 2.84. The van der Waals surface area contributed by atoms with Crippen molar-refractivity contribution in [3.8, 4) is 5.69 Å². The Bertz CT molecular complexity index is 616. The molecular formula is C14H17BrN4O. The number of carbonyl (C=O) groups is 1. The summed E-state index contributed by atoms with van der Waals surface area (Å²) in [5.41, 5.74) is 6.79. The van der Waals surface area contributed by atoms with E-state index < -0.39 is 5.54 Å². The highest BCUT2D eigenvalue weighted by Crippen LogP contribution is 2.15. The monoisotopic (exact) mass is 336 g/mol. The quantitative estimate of drug-likeness (QED) is 0.897. The van der Waals surface area contributed by atoms with Crippen molar-refractivity contribution in [2.75, 3.05) is 6.54 Å². The SMILES string of the molecule is CC(C)(N)CNC(=O)c1cnn(-c2cccc(Br)c2)c1. The highest BCUT2D eigenvalue weighted by molar-refractivity contribution is 9.10. The van der Waals surface area contributed by atoms with Crippen molar-refractivity contribution in [2.24, 2.45) is 5.73 Å². The standard InChI is InChI=1S/C14H17BrN4O/c1-14(2,16)9-17-13(20)10-7-18-19(8-10)12-5-3-4-11(15)6-12/h3-8H,9,16H2,1-2H3,(H,17,20). The third-order valence-electron chi connectivity index (χ3n) is 2.62. The fraction of sp³-hybridized carbons (Fsp3) is 0.286. The molecule has 106 valence electrons. The van der Waals surface area contributed by atoms with Gasteiger partial charge in [-0.05, 0) is 32.0 Å². The first-order valence-corrected chi connectivity index (χ1v) is 7.02. The summed E-state index contributed by atoms with van der Waals surface area (Å²) < 4.78 is 2.62. The lowest BCUT2D eigenvalue weighted by atomic mass is 10.1. The summed E-state index contributed by atoms with van der Waals surface area (Å²) in [4.78, 5) is 12.0. The van der Waals surface area contributed by atoms with Crippen LogP contribution in [-0.2, 0) is 0 Å². The Morgan fingerprint density at radius 2 is 2.25 bits per heavy atom. The number of carbonyl (C=O) groups excluding carboxylic acids is 1. The van der Waals surface area contributed by atoms with Gasteiger partial charge >= 0.3 is 0 Å². The molecule has 0 saturated heterocycles. The minimum absolute atomic E-state index is 0.176. The van der Waals surface area contributed by atoms with Crippen molar-refractivity contribution in [1.82, 2.24) is 15.1 Å². The molecule has 0 unspecified atom stereocenters. The molecule has 20 heavy (non-hydrogen) atoms. The fourth-order valence-electron chi connectivity index (χ4n) is 1.61. The summed E-state index contributed by atoms with van der Waals surface area (Å²) >= 11 is 3.41. The van der Waals surface area contributed by atoms with E-state index in [9.17, 15) is 4.79 Å². The number of nitrogens with zero attached hydrogens (tertiary/aromatic N) is 2. The molecule has 6 heteroatoms. The number of hydrogen-bond acceptors (Lipinski definition) is 3. The molecule has 0 radical (unpaired) electrons. The molecule has 5 nitrogen and oxygen atoms in total. The number of benzene rings is 1. The van der Waals surface area contributed by atoms with E-state index in [1.165, 1.54) is 0 Å². The van der Waals surface area contributed by atoms with E-state index in [4.69, 9.17) is 5.73 Å². The molecule has 0 aliphatic rings. The average molecular weight is 337 g/mol. The molecule has 3 N–H and O–H groups in total. The molecule has 2 aromatic rings. The Kier molecular flexibility index (Phi) is 4.25. The molecule has 0 aliphatic heterocycles. The Morgan fingerprint density at radius 3 is 2.90 bits per heavy atom. The van der Waals surface area contributed by atoms with E-state index in [1.54, 1.807) is 17.1 Å². The summed E-state index contributed by atoms with van der Waals surface area (Å²) in [6, 6.07) is 7.70. The van der Waals surface area contributed by atoms with Crippen LogP contribution < -0.4 is 11.1 Å². The zero-order valence-corrected chi connectivity index (χ0v) is 13.0. The third-order valence-corrected chi connectivity index (χ3v) is 3.12. The fourth-order valence-corrected chi connectivity index (χ4v) is 2.00. The van der Waals surface area contributed by atoms with E-state index in [1.807, 2.05) is 38.1 Å².